The normalized spacial score (nSPS) is 22.9. The topological polar surface area (TPSA) is 47.1 Å². The Bertz CT molecular complexity index is 798. The average Bonchev–Trinajstić information content (AvgIpc) is 3.20. The monoisotopic (exact) mass is 367 g/mol. The highest BCUT2D eigenvalue weighted by Gasteiger charge is 2.37. The molecule has 2 aromatic rings. The second kappa shape index (κ2) is 8.11. The van der Waals surface area contributed by atoms with Crippen LogP contribution in [-0.2, 0) is 16.1 Å². The number of ether oxygens (including phenoxy) is 1. The molecule has 5 heteroatoms. The van der Waals surface area contributed by atoms with Gasteiger partial charge in [-0.05, 0) is 30.0 Å². The standard InChI is InChI=1S/C22H26N2O3/c1-26-11-9-24-16-23(14-19-8-5-10-27-19)15-20-21(24)12-18(13-22(20)25)17-6-3-2-4-7-17/h2-8,10,18H,9,11-16H2,1H3/p+1/t18-/m0/s1. The molecule has 0 saturated heterocycles. The highest BCUT2D eigenvalue weighted by molar-refractivity contribution is 5.97. The molecule has 1 aromatic carbocycles. The number of carbonyl (C=O) groups excluding carboxylic acids is 1. The van der Waals surface area contributed by atoms with E-state index in [2.05, 4.69) is 29.2 Å². The maximum Gasteiger partial charge on any atom is 0.166 e. The molecule has 1 N–H and O–H groups in total. The van der Waals surface area contributed by atoms with E-state index in [1.165, 1.54) is 16.2 Å². The molecule has 1 aliphatic carbocycles. The van der Waals surface area contributed by atoms with Gasteiger partial charge < -0.3 is 19.0 Å². The number of quaternary nitrogens is 1. The molecule has 2 aliphatic rings. The van der Waals surface area contributed by atoms with Gasteiger partial charge in [-0.15, -0.1) is 0 Å². The zero-order valence-electron chi connectivity index (χ0n) is 15.8. The van der Waals surface area contributed by atoms with Crippen molar-refractivity contribution >= 4 is 5.78 Å². The van der Waals surface area contributed by atoms with E-state index in [1.807, 2.05) is 18.2 Å². The molecule has 0 fully saturated rings. The predicted octanol–water partition coefficient (Wildman–Crippen LogP) is 1.98. The van der Waals surface area contributed by atoms with Crippen LogP contribution < -0.4 is 4.90 Å². The third-order valence-corrected chi connectivity index (χ3v) is 5.62. The summed E-state index contributed by atoms with van der Waals surface area (Å²) in [6.07, 6.45) is 3.25. The molecule has 1 aromatic heterocycles. The maximum absolute atomic E-state index is 13.0. The second-order valence-corrected chi connectivity index (χ2v) is 7.46. The van der Waals surface area contributed by atoms with Crippen LogP contribution in [0.5, 0.6) is 0 Å². The van der Waals surface area contributed by atoms with Crippen LogP contribution in [0.15, 0.2) is 64.4 Å². The Balaban J connectivity index is 1.58. The lowest BCUT2D eigenvalue weighted by molar-refractivity contribution is -0.922. The molecule has 142 valence electrons. The van der Waals surface area contributed by atoms with Gasteiger partial charge in [0.1, 0.15) is 13.1 Å². The zero-order valence-corrected chi connectivity index (χ0v) is 15.8. The van der Waals surface area contributed by atoms with Crippen molar-refractivity contribution in [3.05, 3.63) is 71.3 Å². The molecule has 5 nitrogen and oxygen atoms in total. The minimum atomic E-state index is 0.272. The van der Waals surface area contributed by atoms with Gasteiger partial charge in [-0.3, -0.25) is 4.79 Å². The lowest BCUT2D eigenvalue weighted by Crippen LogP contribution is -3.13. The summed E-state index contributed by atoms with van der Waals surface area (Å²) in [6, 6.07) is 14.3. The number of carbonyl (C=O) groups is 1. The number of allylic oxidation sites excluding steroid dienone is 1. The van der Waals surface area contributed by atoms with E-state index in [1.54, 1.807) is 13.4 Å². The van der Waals surface area contributed by atoms with Gasteiger partial charge in [0, 0.05) is 25.8 Å². The minimum Gasteiger partial charge on any atom is -0.463 e. The maximum atomic E-state index is 13.0. The molecule has 0 radical (unpaired) electrons. The van der Waals surface area contributed by atoms with Gasteiger partial charge >= 0.3 is 0 Å². The van der Waals surface area contributed by atoms with E-state index in [4.69, 9.17) is 9.15 Å². The number of methoxy groups -OCH3 is 1. The molecular weight excluding hydrogens is 340 g/mol. The number of hydrogen-bond acceptors (Lipinski definition) is 4. The zero-order chi connectivity index (χ0) is 18.6. The van der Waals surface area contributed by atoms with Crippen LogP contribution in [0.4, 0.5) is 0 Å². The molecule has 0 bridgehead atoms. The number of nitrogens with zero attached hydrogens (tertiary/aromatic N) is 1. The van der Waals surface area contributed by atoms with E-state index in [-0.39, 0.29) is 5.92 Å². The van der Waals surface area contributed by atoms with Gasteiger partial charge in [0.05, 0.1) is 18.4 Å². The van der Waals surface area contributed by atoms with E-state index < -0.39 is 0 Å². The molecule has 4 rings (SSSR count). The summed E-state index contributed by atoms with van der Waals surface area (Å²) in [4.78, 5) is 16.7. The summed E-state index contributed by atoms with van der Waals surface area (Å²) in [5.74, 6) is 1.53. The first-order chi connectivity index (χ1) is 13.2. The van der Waals surface area contributed by atoms with Gasteiger partial charge in [0.25, 0.3) is 0 Å². The van der Waals surface area contributed by atoms with Crippen molar-refractivity contribution in [2.24, 2.45) is 0 Å². The number of nitrogens with one attached hydrogen (secondary N) is 1. The van der Waals surface area contributed by atoms with E-state index >= 15 is 0 Å². The summed E-state index contributed by atoms with van der Waals surface area (Å²) in [7, 11) is 1.73. The third-order valence-electron chi connectivity index (χ3n) is 5.62. The summed E-state index contributed by atoms with van der Waals surface area (Å²) in [5, 5.41) is 0. The van der Waals surface area contributed by atoms with Crippen molar-refractivity contribution in [2.45, 2.75) is 25.3 Å². The molecule has 2 heterocycles. The van der Waals surface area contributed by atoms with Crippen molar-refractivity contribution in [1.29, 1.82) is 0 Å². The fraction of sp³-hybridized carbons (Fsp3) is 0.409. The van der Waals surface area contributed by atoms with Crippen molar-refractivity contribution < 1.29 is 18.8 Å². The van der Waals surface area contributed by atoms with Gasteiger partial charge in [-0.2, -0.15) is 0 Å². The molecule has 0 amide bonds. The number of furan rings is 1. The Morgan fingerprint density at radius 1 is 1.19 bits per heavy atom. The predicted molar refractivity (Wildman–Crippen MR) is 102 cm³/mol. The molecule has 27 heavy (non-hydrogen) atoms. The molecule has 1 unspecified atom stereocenters. The lowest BCUT2D eigenvalue weighted by Gasteiger charge is -2.40. The van der Waals surface area contributed by atoms with Crippen LogP contribution in [0, 0.1) is 0 Å². The van der Waals surface area contributed by atoms with Crippen LogP contribution in [0.3, 0.4) is 0 Å². The summed E-state index contributed by atoms with van der Waals surface area (Å²) < 4.78 is 10.9. The molecule has 0 spiro atoms. The van der Waals surface area contributed by atoms with E-state index in [0.717, 1.165) is 44.1 Å². The Morgan fingerprint density at radius 2 is 2.04 bits per heavy atom. The molecule has 1 aliphatic heterocycles. The summed E-state index contributed by atoms with van der Waals surface area (Å²) in [6.45, 7) is 3.92. The van der Waals surface area contributed by atoms with Crippen molar-refractivity contribution in [3.8, 4) is 0 Å². The quantitative estimate of drug-likeness (QED) is 0.848. The molecule has 2 atom stereocenters. The SMILES string of the molecule is COCCN1C[NH+](Cc2ccco2)CC2=C1C[C@H](c1ccccc1)CC2=O. The molecule has 0 saturated carbocycles. The minimum absolute atomic E-state index is 0.272. The van der Waals surface area contributed by atoms with Crippen LogP contribution in [0.25, 0.3) is 0 Å². The Hall–Kier alpha value is -2.37. The number of rotatable bonds is 6. The fourth-order valence-electron chi connectivity index (χ4n) is 4.28. The highest BCUT2D eigenvalue weighted by Crippen LogP contribution is 2.36. The first-order valence-corrected chi connectivity index (χ1v) is 9.64. The fourth-order valence-corrected chi connectivity index (χ4v) is 4.28. The van der Waals surface area contributed by atoms with Crippen molar-refractivity contribution in [1.82, 2.24) is 4.90 Å². The second-order valence-electron chi connectivity index (χ2n) is 7.46. The Morgan fingerprint density at radius 3 is 2.78 bits per heavy atom. The number of Topliss-reactive ketones (excluding diaryl/α,β-unsaturated/α-hetero) is 1. The van der Waals surface area contributed by atoms with Crippen molar-refractivity contribution in [3.63, 3.8) is 0 Å². The Kier molecular flexibility index (Phi) is 5.41. The summed E-state index contributed by atoms with van der Waals surface area (Å²) >= 11 is 0. The van der Waals surface area contributed by atoms with E-state index in [0.29, 0.717) is 18.8 Å². The highest BCUT2D eigenvalue weighted by atomic mass is 16.5. The van der Waals surface area contributed by atoms with Crippen LogP contribution in [0.1, 0.15) is 30.1 Å². The smallest absolute Gasteiger partial charge is 0.166 e. The van der Waals surface area contributed by atoms with Crippen LogP contribution in [0.2, 0.25) is 0 Å². The average molecular weight is 367 g/mol. The first kappa shape index (κ1) is 18.0. The summed E-state index contributed by atoms with van der Waals surface area (Å²) in [5.41, 5.74) is 3.49. The van der Waals surface area contributed by atoms with Gasteiger partial charge in [0.2, 0.25) is 0 Å². The number of benzene rings is 1. The van der Waals surface area contributed by atoms with Crippen LogP contribution in [-0.4, -0.2) is 44.2 Å². The number of hydrogen-bond donors (Lipinski definition) is 1. The van der Waals surface area contributed by atoms with Crippen molar-refractivity contribution in [2.75, 3.05) is 33.5 Å². The Labute approximate surface area is 160 Å². The number of ketones is 1. The van der Waals surface area contributed by atoms with Gasteiger partial charge in [-0.25, -0.2) is 0 Å². The van der Waals surface area contributed by atoms with E-state index in [9.17, 15) is 4.79 Å². The van der Waals surface area contributed by atoms with Gasteiger partial charge in [0.15, 0.2) is 18.2 Å². The largest absolute Gasteiger partial charge is 0.463 e. The van der Waals surface area contributed by atoms with Crippen LogP contribution >= 0.6 is 0 Å². The lowest BCUT2D eigenvalue weighted by atomic mass is 9.80. The molecular formula is C22H27N2O3+. The third kappa shape index (κ3) is 3.99. The first-order valence-electron chi connectivity index (χ1n) is 9.64. The van der Waals surface area contributed by atoms with Gasteiger partial charge in [-0.1, -0.05) is 30.3 Å².